The van der Waals surface area contributed by atoms with Crippen molar-refractivity contribution in [3.05, 3.63) is 66.0 Å². The molecule has 0 aliphatic carbocycles. The quantitative estimate of drug-likeness (QED) is 0.880. The first kappa shape index (κ1) is 14.2. The third kappa shape index (κ3) is 2.30. The predicted molar refractivity (Wildman–Crippen MR) is 65.0 cm³/mol. The highest BCUT2D eigenvalue weighted by Crippen LogP contribution is 2.41. The van der Waals surface area contributed by atoms with Gasteiger partial charge in [-0.2, -0.15) is 13.2 Å². The van der Waals surface area contributed by atoms with Gasteiger partial charge in [-0.15, -0.1) is 0 Å². The molecule has 1 aromatic carbocycles. The Morgan fingerprint density at radius 2 is 1.60 bits per heavy atom. The molecule has 6 heteroatoms. The van der Waals surface area contributed by atoms with Crippen LogP contribution >= 0.6 is 0 Å². The SMILES string of the molecule is O=C(c1ccccn1)[C@@](O)(c1ccccc1)C(F)(F)F. The molecule has 0 fully saturated rings. The van der Waals surface area contributed by atoms with Crippen molar-refractivity contribution in [1.82, 2.24) is 4.98 Å². The number of rotatable bonds is 3. The summed E-state index contributed by atoms with van der Waals surface area (Å²) in [5, 5.41) is 10.0. The van der Waals surface area contributed by atoms with Crippen LogP contribution in [0.2, 0.25) is 0 Å². The molecule has 0 aliphatic rings. The monoisotopic (exact) mass is 281 g/mol. The van der Waals surface area contributed by atoms with Gasteiger partial charge in [-0.25, -0.2) is 0 Å². The summed E-state index contributed by atoms with van der Waals surface area (Å²) in [6, 6.07) is 10.2. The van der Waals surface area contributed by atoms with Gasteiger partial charge >= 0.3 is 6.18 Å². The minimum Gasteiger partial charge on any atom is -0.370 e. The molecule has 1 atom stereocenters. The van der Waals surface area contributed by atoms with E-state index in [1.807, 2.05) is 0 Å². The van der Waals surface area contributed by atoms with Crippen LogP contribution < -0.4 is 0 Å². The van der Waals surface area contributed by atoms with Crippen molar-refractivity contribution in [3.63, 3.8) is 0 Å². The number of alkyl halides is 3. The summed E-state index contributed by atoms with van der Waals surface area (Å²) in [5.74, 6) is -1.50. The number of aliphatic hydroxyl groups is 1. The first-order valence-electron chi connectivity index (χ1n) is 5.68. The van der Waals surface area contributed by atoms with Crippen LogP contribution in [0.4, 0.5) is 13.2 Å². The number of carbonyl (C=O) groups is 1. The Hall–Kier alpha value is -2.21. The molecule has 20 heavy (non-hydrogen) atoms. The fourth-order valence-electron chi connectivity index (χ4n) is 1.79. The van der Waals surface area contributed by atoms with E-state index < -0.39 is 28.8 Å². The Labute approximate surface area is 112 Å². The van der Waals surface area contributed by atoms with Gasteiger partial charge in [0.15, 0.2) is 0 Å². The molecular formula is C14H10F3NO2. The van der Waals surface area contributed by atoms with E-state index in [0.29, 0.717) is 0 Å². The number of halogens is 3. The number of hydrogen-bond acceptors (Lipinski definition) is 3. The molecule has 0 bridgehead atoms. The molecule has 0 saturated carbocycles. The van der Waals surface area contributed by atoms with E-state index in [4.69, 9.17) is 0 Å². The first-order valence-corrected chi connectivity index (χ1v) is 5.68. The molecular weight excluding hydrogens is 271 g/mol. The van der Waals surface area contributed by atoms with Gasteiger partial charge in [-0.1, -0.05) is 36.4 Å². The number of aromatic nitrogens is 1. The number of benzene rings is 1. The highest BCUT2D eigenvalue weighted by atomic mass is 19.4. The molecule has 1 N–H and O–H groups in total. The van der Waals surface area contributed by atoms with E-state index in [1.165, 1.54) is 36.5 Å². The normalized spacial score (nSPS) is 14.6. The van der Waals surface area contributed by atoms with Gasteiger partial charge in [0, 0.05) is 11.8 Å². The van der Waals surface area contributed by atoms with E-state index in [9.17, 15) is 23.1 Å². The summed E-state index contributed by atoms with van der Waals surface area (Å²) in [7, 11) is 0. The molecule has 0 radical (unpaired) electrons. The average molecular weight is 281 g/mol. The minimum absolute atomic E-state index is 0.448. The maximum absolute atomic E-state index is 13.2. The Bertz CT molecular complexity index is 599. The third-order valence-corrected chi connectivity index (χ3v) is 2.83. The molecule has 3 nitrogen and oxygen atoms in total. The summed E-state index contributed by atoms with van der Waals surface area (Å²) in [5.41, 5.74) is -4.60. The van der Waals surface area contributed by atoms with Gasteiger partial charge in [-0.05, 0) is 12.1 Å². The van der Waals surface area contributed by atoms with Crippen LogP contribution in [-0.2, 0) is 5.60 Å². The maximum atomic E-state index is 13.2. The summed E-state index contributed by atoms with van der Waals surface area (Å²) in [6.07, 6.45) is -3.96. The van der Waals surface area contributed by atoms with Gasteiger partial charge in [0.2, 0.25) is 5.78 Å². The molecule has 0 spiro atoms. The molecule has 2 rings (SSSR count). The number of carbonyl (C=O) groups excluding carboxylic acids is 1. The van der Waals surface area contributed by atoms with Crippen LogP contribution in [0.1, 0.15) is 16.1 Å². The highest BCUT2D eigenvalue weighted by molar-refractivity contribution is 6.02. The number of hydrogen-bond donors (Lipinski definition) is 1. The lowest BCUT2D eigenvalue weighted by molar-refractivity contribution is -0.242. The average Bonchev–Trinajstić information content (AvgIpc) is 2.46. The first-order chi connectivity index (χ1) is 9.37. The van der Waals surface area contributed by atoms with Crippen LogP contribution in [-0.4, -0.2) is 22.1 Å². The molecule has 1 aromatic heterocycles. The highest BCUT2D eigenvalue weighted by Gasteiger charge is 2.60. The molecule has 0 unspecified atom stereocenters. The second-order valence-electron chi connectivity index (χ2n) is 4.12. The van der Waals surface area contributed by atoms with Gasteiger partial charge in [-0.3, -0.25) is 9.78 Å². The van der Waals surface area contributed by atoms with Crippen molar-refractivity contribution < 1.29 is 23.1 Å². The molecule has 2 aromatic rings. The lowest BCUT2D eigenvalue weighted by Gasteiger charge is -2.29. The van der Waals surface area contributed by atoms with Gasteiger partial charge in [0.25, 0.3) is 5.60 Å². The number of ketones is 1. The number of nitrogens with zero attached hydrogens (tertiary/aromatic N) is 1. The molecule has 104 valence electrons. The second kappa shape index (κ2) is 5.05. The fraction of sp³-hybridized carbons (Fsp3) is 0.143. The Kier molecular flexibility index (Phi) is 3.59. The minimum atomic E-state index is -5.15. The standard InChI is InChI=1S/C14H10F3NO2/c15-14(16,17)13(20,10-6-2-1-3-7-10)12(19)11-8-4-5-9-18-11/h1-9,20H/t13-/m0/s1. The topological polar surface area (TPSA) is 50.2 Å². The van der Waals surface area contributed by atoms with Crippen molar-refractivity contribution in [3.8, 4) is 0 Å². The zero-order valence-corrected chi connectivity index (χ0v) is 10.1. The van der Waals surface area contributed by atoms with Gasteiger partial charge in [0.1, 0.15) is 5.69 Å². The second-order valence-corrected chi connectivity index (χ2v) is 4.12. The zero-order chi connectivity index (χ0) is 14.8. The van der Waals surface area contributed by atoms with E-state index in [2.05, 4.69) is 4.98 Å². The van der Waals surface area contributed by atoms with Crippen LogP contribution in [0.3, 0.4) is 0 Å². The summed E-state index contributed by atoms with van der Waals surface area (Å²) in [4.78, 5) is 15.7. The largest absolute Gasteiger partial charge is 0.429 e. The van der Waals surface area contributed by atoms with Crippen molar-refractivity contribution in [2.75, 3.05) is 0 Å². The predicted octanol–water partition coefficient (Wildman–Crippen LogP) is 2.71. The summed E-state index contributed by atoms with van der Waals surface area (Å²) >= 11 is 0. The molecule has 0 saturated heterocycles. The van der Waals surface area contributed by atoms with Crippen LogP contribution in [0, 0.1) is 0 Å². The molecule has 0 amide bonds. The summed E-state index contributed by atoms with van der Waals surface area (Å²) in [6.45, 7) is 0. The van der Waals surface area contributed by atoms with E-state index >= 15 is 0 Å². The van der Waals surface area contributed by atoms with Crippen molar-refractivity contribution in [1.29, 1.82) is 0 Å². The Morgan fingerprint density at radius 1 is 1.00 bits per heavy atom. The van der Waals surface area contributed by atoms with Crippen molar-refractivity contribution in [2.45, 2.75) is 11.8 Å². The van der Waals surface area contributed by atoms with E-state index in [1.54, 1.807) is 0 Å². The van der Waals surface area contributed by atoms with Crippen molar-refractivity contribution in [2.24, 2.45) is 0 Å². The van der Waals surface area contributed by atoms with E-state index in [-0.39, 0.29) is 0 Å². The maximum Gasteiger partial charge on any atom is 0.429 e. The molecule has 1 heterocycles. The Balaban J connectivity index is 2.58. The van der Waals surface area contributed by atoms with Gasteiger partial charge < -0.3 is 5.11 Å². The fourth-order valence-corrected chi connectivity index (χ4v) is 1.79. The third-order valence-electron chi connectivity index (χ3n) is 2.83. The Morgan fingerprint density at radius 3 is 2.10 bits per heavy atom. The summed E-state index contributed by atoms with van der Waals surface area (Å²) < 4.78 is 39.7. The lowest BCUT2D eigenvalue weighted by atomic mass is 9.87. The zero-order valence-electron chi connectivity index (χ0n) is 10.1. The van der Waals surface area contributed by atoms with Crippen molar-refractivity contribution >= 4 is 5.78 Å². The number of pyridine rings is 1. The van der Waals surface area contributed by atoms with Crippen LogP contribution in [0.15, 0.2) is 54.7 Å². The van der Waals surface area contributed by atoms with Gasteiger partial charge in [0.05, 0.1) is 0 Å². The number of Topliss-reactive ketones (excluding diaryl/α,β-unsaturated/α-hetero) is 1. The van der Waals surface area contributed by atoms with E-state index in [0.717, 1.165) is 18.2 Å². The van der Waals surface area contributed by atoms with Crippen LogP contribution in [0.25, 0.3) is 0 Å². The smallest absolute Gasteiger partial charge is 0.370 e. The van der Waals surface area contributed by atoms with Crippen LogP contribution in [0.5, 0.6) is 0 Å². The molecule has 0 aliphatic heterocycles. The lowest BCUT2D eigenvalue weighted by Crippen LogP contribution is -2.49.